The average molecular weight is 171 g/mol. The van der Waals surface area contributed by atoms with Gasteiger partial charge in [-0.1, -0.05) is 6.07 Å². The molecule has 1 aliphatic rings. The lowest BCUT2D eigenvalue weighted by atomic mass is 10.1. The molecule has 0 amide bonds. The number of nitrogens with one attached hydrogen (secondary N) is 1. The highest BCUT2D eigenvalue weighted by Crippen LogP contribution is 2.28. The van der Waals surface area contributed by atoms with Gasteiger partial charge < -0.3 is 5.32 Å². The molecule has 13 heavy (non-hydrogen) atoms. The number of rotatable bonds is 0. The molecule has 3 nitrogen and oxygen atoms in total. The highest BCUT2D eigenvalue weighted by Gasteiger charge is 2.13. The Morgan fingerprint density at radius 2 is 2.08 bits per heavy atom. The Bertz CT molecular complexity index is 465. The lowest BCUT2D eigenvalue weighted by Crippen LogP contribution is -1.93. The lowest BCUT2D eigenvalue weighted by Gasteiger charge is -2.02. The van der Waals surface area contributed by atoms with Crippen LogP contribution in [0.25, 0.3) is 11.0 Å². The molecule has 3 rings (SSSR count). The van der Waals surface area contributed by atoms with Crippen LogP contribution in [0.4, 0.5) is 5.69 Å². The average Bonchev–Trinajstić information content (AvgIpc) is 2.65. The SMILES string of the molecule is c1cnc2c3c(ccc2n1)CCN3. The molecule has 2 heterocycles. The van der Waals surface area contributed by atoms with Gasteiger partial charge >= 0.3 is 0 Å². The topological polar surface area (TPSA) is 37.8 Å². The summed E-state index contributed by atoms with van der Waals surface area (Å²) in [6.07, 6.45) is 4.56. The standard InChI is InChI=1S/C10H9N3/c1-2-8-10(13-6-5-11-8)9-7(1)3-4-12-9/h1-2,5-6,12H,3-4H2. The van der Waals surface area contributed by atoms with E-state index in [-0.39, 0.29) is 0 Å². The summed E-state index contributed by atoms with van der Waals surface area (Å²) in [4.78, 5) is 8.58. The van der Waals surface area contributed by atoms with Gasteiger partial charge in [-0.05, 0) is 18.1 Å². The van der Waals surface area contributed by atoms with Crippen LogP contribution in [0, 0.1) is 0 Å². The van der Waals surface area contributed by atoms with E-state index < -0.39 is 0 Å². The molecule has 2 aromatic rings. The molecule has 0 atom stereocenters. The second-order valence-electron chi connectivity index (χ2n) is 3.20. The Hall–Kier alpha value is -1.64. The minimum atomic E-state index is 0.968. The normalized spacial score (nSPS) is 14.2. The maximum Gasteiger partial charge on any atom is 0.112 e. The van der Waals surface area contributed by atoms with Crippen LogP contribution in [0.3, 0.4) is 0 Å². The Morgan fingerprint density at radius 3 is 3.08 bits per heavy atom. The summed E-state index contributed by atoms with van der Waals surface area (Å²) in [5, 5.41) is 3.34. The van der Waals surface area contributed by atoms with Gasteiger partial charge in [-0.3, -0.25) is 9.97 Å². The molecular weight excluding hydrogens is 162 g/mol. The summed E-state index contributed by atoms with van der Waals surface area (Å²) in [5.41, 5.74) is 4.49. The highest BCUT2D eigenvalue weighted by molar-refractivity contribution is 5.90. The molecule has 1 aromatic heterocycles. The lowest BCUT2D eigenvalue weighted by molar-refractivity contribution is 1.11. The fraction of sp³-hybridized carbons (Fsp3) is 0.200. The van der Waals surface area contributed by atoms with Gasteiger partial charge in [-0.25, -0.2) is 0 Å². The molecule has 0 unspecified atom stereocenters. The van der Waals surface area contributed by atoms with Crippen LogP contribution in [0.2, 0.25) is 0 Å². The van der Waals surface area contributed by atoms with Gasteiger partial charge in [-0.2, -0.15) is 0 Å². The number of aromatic nitrogens is 2. The fourth-order valence-corrected chi connectivity index (χ4v) is 1.81. The van der Waals surface area contributed by atoms with E-state index in [2.05, 4.69) is 21.4 Å². The number of fused-ring (bicyclic) bond motifs is 3. The Morgan fingerprint density at radius 1 is 1.15 bits per heavy atom. The Labute approximate surface area is 75.8 Å². The number of anilines is 1. The molecule has 64 valence electrons. The predicted molar refractivity (Wildman–Crippen MR) is 51.7 cm³/mol. The number of nitrogens with zero attached hydrogens (tertiary/aromatic N) is 2. The van der Waals surface area contributed by atoms with Gasteiger partial charge in [0, 0.05) is 18.9 Å². The molecular formula is C10H9N3. The number of hydrogen-bond acceptors (Lipinski definition) is 3. The van der Waals surface area contributed by atoms with E-state index in [0.717, 1.165) is 24.0 Å². The molecule has 0 bridgehead atoms. The zero-order chi connectivity index (χ0) is 8.67. The summed E-state index contributed by atoms with van der Waals surface area (Å²) < 4.78 is 0. The minimum Gasteiger partial charge on any atom is -0.383 e. The Kier molecular flexibility index (Phi) is 1.27. The minimum absolute atomic E-state index is 0.968. The molecule has 0 aliphatic carbocycles. The summed E-state index contributed by atoms with van der Waals surface area (Å²) >= 11 is 0. The van der Waals surface area contributed by atoms with Crippen molar-refractivity contribution >= 4 is 16.7 Å². The van der Waals surface area contributed by atoms with Crippen LogP contribution in [-0.4, -0.2) is 16.5 Å². The van der Waals surface area contributed by atoms with Crippen LogP contribution >= 0.6 is 0 Å². The van der Waals surface area contributed by atoms with E-state index in [0.29, 0.717) is 0 Å². The van der Waals surface area contributed by atoms with Gasteiger partial charge in [0.25, 0.3) is 0 Å². The van der Waals surface area contributed by atoms with E-state index in [1.54, 1.807) is 12.4 Å². The monoisotopic (exact) mass is 171 g/mol. The van der Waals surface area contributed by atoms with Crippen molar-refractivity contribution < 1.29 is 0 Å². The van der Waals surface area contributed by atoms with Gasteiger partial charge in [-0.15, -0.1) is 0 Å². The van der Waals surface area contributed by atoms with Crippen LogP contribution < -0.4 is 5.32 Å². The summed E-state index contributed by atoms with van der Waals surface area (Å²) in [6, 6.07) is 4.17. The first-order valence-electron chi connectivity index (χ1n) is 4.41. The summed E-state index contributed by atoms with van der Waals surface area (Å²) in [5.74, 6) is 0. The molecule has 1 aliphatic heterocycles. The van der Waals surface area contributed by atoms with E-state index in [9.17, 15) is 0 Å². The quantitative estimate of drug-likeness (QED) is 0.654. The molecule has 0 spiro atoms. The van der Waals surface area contributed by atoms with Crippen molar-refractivity contribution in [1.29, 1.82) is 0 Å². The molecule has 0 saturated carbocycles. The van der Waals surface area contributed by atoms with Crippen LogP contribution in [-0.2, 0) is 6.42 Å². The maximum atomic E-state index is 4.33. The third-order valence-corrected chi connectivity index (χ3v) is 2.42. The van der Waals surface area contributed by atoms with Crippen LogP contribution in [0.15, 0.2) is 24.5 Å². The van der Waals surface area contributed by atoms with Crippen molar-refractivity contribution in [2.24, 2.45) is 0 Å². The Balaban J connectivity index is 2.43. The first-order chi connectivity index (χ1) is 6.45. The predicted octanol–water partition coefficient (Wildman–Crippen LogP) is 1.60. The smallest absolute Gasteiger partial charge is 0.112 e. The van der Waals surface area contributed by atoms with Crippen LogP contribution in [0.5, 0.6) is 0 Å². The van der Waals surface area contributed by atoms with Gasteiger partial charge in [0.2, 0.25) is 0 Å². The largest absolute Gasteiger partial charge is 0.383 e. The fourth-order valence-electron chi connectivity index (χ4n) is 1.81. The first-order valence-corrected chi connectivity index (χ1v) is 4.41. The van der Waals surface area contributed by atoms with Crippen molar-refractivity contribution in [3.63, 3.8) is 0 Å². The molecule has 1 N–H and O–H groups in total. The van der Waals surface area contributed by atoms with Crippen molar-refractivity contribution in [3.8, 4) is 0 Å². The zero-order valence-electron chi connectivity index (χ0n) is 7.12. The maximum absolute atomic E-state index is 4.33. The third kappa shape index (κ3) is 0.900. The molecule has 1 aromatic carbocycles. The second-order valence-corrected chi connectivity index (χ2v) is 3.20. The molecule has 0 fully saturated rings. The van der Waals surface area contributed by atoms with Crippen molar-refractivity contribution in [2.75, 3.05) is 11.9 Å². The third-order valence-electron chi connectivity index (χ3n) is 2.42. The highest BCUT2D eigenvalue weighted by atomic mass is 14.9. The molecule has 0 radical (unpaired) electrons. The second kappa shape index (κ2) is 2.42. The summed E-state index contributed by atoms with van der Waals surface area (Å²) in [6.45, 7) is 1.02. The van der Waals surface area contributed by atoms with E-state index >= 15 is 0 Å². The number of benzene rings is 1. The first kappa shape index (κ1) is 6.83. The van der Waals surface area contributed by atoms with Gasteiger partial charge in [0.15, 0.2) is 0 Å². The van der Waals surface area contributed by atoms with Gasteiger partial charge in [0.05, 0.1) is 11.2 Å². The zero-order valence-corrected chi connectivity index (χ0v) is 7.12. The molecule has 0 saturated heterocycles. The molecule has 3 heteroatoms. The van der Waals surface area contributed by atoms with Crippen LogP contribution in [0.1, 0.15) is 5.56 Å². The van der Waals surface area contributed by atoms with E-state index in [1.807, 2.05) is 6.07 Å². The number of hydrogen-bond donors (Lipinski definition) is 1. The summed E-state index contributed by atoms with van der Waals surface area (Å²) in [7, 11) is 0. The van der Waals surface area contributed by atoms with Crippen molar-refractivity contribution in [1.82, 2.24) is 9.97 Å². The van der Waals surface area contributed by atoms with Gasteiger partial charge in [0.1, 0.15) is 5.52 Å². The van der Waals surface area contributed by atoms with E-state index in [1.165, 1.54) is 11.3 Å². The van der Waals surface area contributed by atoms with E-state index in [4.69, 9.17) is 0 Å². The van der Waals surface area contributed by atoms with Crippen molar-refractivity contribution in [3.05, 3.63) is 30.1 Å². The van der Waals surface area contributed by atoms with Crippen molar-refractivity contribution in [2.45, 2.75) is 6.42 Å².